The smallest absolute Gasteiger partial charge is 0.133 e. The molecule has 0 radical (unpaired) electrons. The minimum atomic E-state index is 0.285. The highest BCUT2D eigenvalue weighted by Gasteiger charge is 2.15. The van der Waals surface area contributed by atoms with Gasteiger partial charge >= 0.3 is 0 Å². The average molecular weight is 422 g/mol. The third-order valence-corrected chi connectivity index (χ3v) is 6.12. The zero-order chi connectivity index (χ0) is 22.8. The molecule has 162 valence electrons. The monoisotopic (exact) mass is 421 g/mol. The van der Waals surface area contributed by atoms with Gasteiger partial charge in [0.15, 0.2) is 0 Å². The molecule has 0 fully saturated rings. The summed E-state index contributed by atoms with van der Waals surface area (Å²) in [4.78, 5) is 4.98. The van der Waals surface area contributed by atoms with E-state index >= 15 is 0 Å². The predicted octanol–water partition coefficient (Wildman–Crippen LogP) is 8.60. The lowest BCUT2D eigenvalue weighted by molar-refractivity contribution is 0.480. The van der Waals surface area contributed by atoms with Gasteiger partial charge < -0.3 is 5.11 Å². The number of phenols is 1. The van der Waals surface area contributed by atoms with Crippen LogP contribution in [0.5, 0.6) is 5.75 Å². The Balaban J connectivity index is 1.86. The number of nitrogens with zero attached hydrogens (tertiary/aromatic N) is 1. The number of fused-ring (bicyclic) bond motifs is 1. The first-order chi connectivity index (χ1) is 15.4. The Labute approximate surface area is 191 Å². The Morgan fingerprint density at radius 1 is 0.781 bits per heavy atom. The van der Waals surface area contributed by atoms with E-state index in [0.29, 0.717) is 11.8 Å². The fourth-order valence-electron chi connectivity index (χ4n) is 4.25. The molecule has 0 aromatic heterocycles. The quantitative estimate of drug-likeness (QED) is 0.321. The van der Waals surface area contributed by atoms with E-state index < -0.39 is 0 Å². The molecule has 0 unspecified atom stereocenters. The number of phenolic OH excluding ortho intramolecular Hbond substituents is 1. The van der Waals surface area contributed by atoms with Gasteiger partial charge in [0.05, 0.1) is 5.69 Å². The van der Waals surface area contributed by atoms with Crippen molar-refractivity contribution in [3.05, 3.63) is 95.6 Å². The Bertz CT molecular complexity index is 1280. The third-order valence-electron chi connectivity index (χ3n) is 6.12. The molecule has 32 heavy (non-hydrogen) atoms. The second-order valence-electron chi connectivity index (χ2n) is 9.06. The largest absolute Gasteiger partial charge is 0.507 e. The van der Waals surface area contributed by atoms with E-state index in [1.165, 1.54) is 11.1 Å². The van der Waals surface area contributed by atoms with Crippen LogP contribution in [0.1, 0.15) is 63.1 Å². The highest BCUT2D eigenvalue weighted by Crippen LogP contribution is 2.38. The lowest BCUT2D eigenvalue weighted by atomic mass is 9.93. The van der Waals surface area contributed by atoms with Crippen molar-refractivity contribution in [2.24, 2.45) is 4.99 Å². The van der Waals surface area contributed by atoms with E-state index in [2.05, 4.69) is 70.2 Å². The molecule has 1 N–H and O–H groups in total. The van der Waals surface area contributed by atoms with Gasteiger partial charge in [-0.15, -0.1) is 0 Å². The van der Waals surface area contributed by atoms with Crippen LogP contribution in [0.25, 0.3) is 21.9 Å². The maximum Gasteiger partial charge on any atom is 0.133 e. The maximum absolute atomic E-state index is 11.4. The summed E-state index contributed by atoms with van der Waals surface area (Å²) < 4.78 is 0. The van der Waals surface area contributed by atoms with Crippen LogP contribution in [0, 0.1) is 0 Å². The molecule has 4 aromatic carbocycles. The van der Waals surface area contributed by atoms with Crippen LogP contribution in [-0.4, -0.2) is 10.8 Å². The zero-order valence-electron chi connectivity index (χ0n) is 19.6. The van der Waals surface area contributed by atoms with Crippen molar-refractivity contribution >= 4 is 22.2 Å². The van der Waals surface area contributed by atoms with Gasteiger partial charge in [-0.25, -0.2) is 0 Å². The summed E-state index contributed by atoms with van der Waals surface area (Å²) in [6.07, 6.45) is 0. The molecular weight excluding hydrogens is 390 g/mol. The third kappa shape index (κ3) is 4.18. The van der Waals surface area contributed by atoms with Gasteiger partial charge in [0, 0.05) is 16.7 Å². The SMILES string of the molecule is CC(=Nc1ccc(C(C)C)cc1C(C)C)c1ccc2cccc(-c3ccccc3)c2c1O. The van der Waals surface area contributed by atoms with Gasteiger partial charge in [-0.1, -0.05) is 94.4 Å². The Morgan fingerprint density at radius 3 is 2.22 bits per heavy atom. The molecule has 0 saturated carbocycles. The Kier molecular flexibility index (Phi) is 6.14. The minimum Gasteiger partial charge on any atom is -0.507 e. The number of aliphatic imine (C=N–C) groups is 1. The summed E-state index contributed by atoms with van der Waals surface area (Å²) >= 11 is 0. The molecule has 0 amide bonds. The van der Waals surface area contributed by atoms with Crippen LogP contribution in [0.3, 0.4) is 0 Å². The molecule has 4 aromatic rings. The van der Waals surface area contributed by atoms with E-state index in [4.69, 9.17) is 4.99 Å². The predicted molar refractivity (Wildman–Crippen MR) is 138 cm³/mol. The van der Waals surface area contributed by atoms with Crippen LogP contribution in [0.4, 0.5) is 5.69 Å². The molecule has 0 aliphatic carbocycles. The highest BCUT2D eigenvalue weighted by molar-refractivity contribution is 6.10. The van der Waals surface area contributed by atoms with Crippen LogP contribution in [0.15, 0.2) is 83.9 Å². The standard InChI is InChI=1S/C30H31NO/c1-19(2)24-15-17-28(27(18-24)20(3)4)31-21(5)25-16-14-23-12-9-13-26(29(23)30(25)32)22-10-7-6-8-11-22/h6-20,32H,1-5H3. The summed E-state index contributed by atoms with van der Waals surface area (Å²) in [6.45, 7) is 10.8. The van der Waals surface area contributed by atoms with Crippen molar-refractivity contribution in [1.82, 2.24) is 0 Å². The number of aromatic hydroxyl groups is 1. The highest BCUT2D eigenvalue weighted by atomic mass is 16.3. The van der Waals surface area contributed by atoms with Crippen molar-refractivity contribution in [1.29, 1.82) is 0 Å². The normalized spacial score (nSPS) is 12.2. The van der Waals surface area contributed by atoms with Crippen LogP contribution in [0.2, 0.25) is 0 Å². The molecule has 0 heterocycles. The first kappa shape index (κ1) is 21.8. The van der Waals surface area contributed by atoms with Crippen LogP contribution in [-0.2, 0) is 0 Å². The topological polar surface area (TPSA) is 32.6 Å². The lowest BCUT2D eigenvalue weighted by Crippen LogP contribution is -1.98. The fourth-order valence-corrected chi connectivity index (χ4v) is 4.25. The zero-order valence-corrected chi connectivity index (χ0v) is 19.6. The van der Waals surface area contributed by atoms with E-state index in [1.807, 2.05) is 43.3 Å². The summed E-state index contributed by atoms with van der Waals surface area (Å²) in [5.41, 5.74) is 7.23. The number of hydrogen-bond donors (Lipinski definition) is 1. The molecule has 0 aliphatic heterocycles. The van der Waals surface area contributed by atoms with Gasteiger partial charge in [0.25, 0.3) is 0 Å². The van der Waals surface area contributed by atoms with Crippen molar-refractivity contribution in [3.63, 3.8) is 0 Å². The molecular formula is C30H31NO. The molecule has 2 heteroatoms. The first-order valence-electron chi connectivity index (χ1n) is 11.4. The molecule has 0 bridgehead atoms. The van der Waals surface area contributed by atoms with Crippen molar-refractivity contribution in [3.8, 4) is 16.9 Å². The van der Waals surface area contributed by atoms with E-state index in [-0.39, 0.29) is 5.75 Å². The summed E-state index contributed by atoms with van der Waals surface area (Å²) in [6, 6.07) is 26.9. The Morgan fingerprint density at radius 2 is 1.53 bits per heavy atom. The molecule has 4 rings (SSSR count). The van der Waals surface area contributed by atoms with Crippen molar-refractivity contribution in [2.75, 3.05) is 0 Å². The number of rotatable bonds is 5. The molecule has 0 spiro atoms. The molecule has 0 aliphatic rings. The van der Waals surface area contributed by atoms with Crippen LogP contribution >= 0.6 is 0 Å². The first-order valence-corrected chi connectivity index (χ1v) is 11.4. The average Bonchev–Trinajstić information content (AvgIpc) is 2.79. The fraction of sp³-hybridized carbons (Fsp3) is 0.233. The van der Waals surface area contributed by atoms with Crippen LogP contribution < -0.4 is 0 Å². The van der Waals surface area contributed by atoms with Gasteiger partial charge in [0.1, 0.15) is 5.75 Å². The number of benzene rings is 4. The summed E-state index contributed by atoms with van der Waals surface area (Å²) in [7, 11) is 0. The second kappa shape index (κ2) is 9.00. The second-order valence-corrected chi connectivity index (χ2v) is 9.06. The Hall–Kier alpha value is -3.39. The van der Waals surface area contributed by atoms with E-state index in [0.717, 1.165) is 38.9 Å². The van der Waals surface area contributed by atoms with Crippen molar-refractivity contribution < 1.29 is 5.11 Å². The van der Waals surface area contributed by atoms with E-state index in [9.17, 15) is 5.11 Å². The minimum absolute atomic E-state index is 0.285. The maximum atomic E-state index is 11.4. The van der Waals surface area contributed by atoms with Gasteiger partial charge in [-0.2, -0.15) is 0 Å². The summed E-state index contributed by atoms with van der Waals surface area (Å²) in [5.74, 6) is 1.14. The van der Waals surface area contributed by atoms with Gasteiger partial charge in [-0.05, 0) is 58.5 Å². The van der Waals surface area contributed by atoms with Crippen molar-refractivity contribution in [2.45, 2.75) is 46.5 Å². The number of hydrogen-bond acceptors (Lipinski definition) is 2. The molecule has 0 atom stereocenters. The van der Waals surface area contributed by atoms with Gasteiger partial charge in [0.2, 0.25) is 0 Å². The lowest BCUT2D eigenvalue weighted by Gasteiger charge is -2.15. The summed E-state index contributed by atoms with van der Waals surface area (Å²) in [5, 5.41) is 13.2. The van der Waals surface area contributed by atoms with Gasteiger partial charge in [-0.3, -0.25) is 4.99 Å². The molecule has 0 saturated heterocycles. The van der Waals surface area contributed by atoms with E-state index in [1.54, 1.807) is 0 Å². The molecule has 2 nitrogen and oxygen atoms in total.